The van der Waals surface area contributed by atoms with E-state index in [0.29, 0.717) is 18.7 Å². The first-order chi connectivity index (χ1) is 17.2. The van der Waals surface area contributed by atoms with E-state index >= 15 is 0 Å². The average molecular weight is 499 g/mol. The number of rotatable bonds is 13. The van der Waals surface area contributed by atoms with Crippen molar-refractivity contribution >= 4 is 35.2 Å². The van der Waals surface area contributed by atoms with Crippen molar-refractivity contribution in [1.29, 1.82) is 0 Å². The van der Waals surface area contributed by atoms with Gasteiger partial charge in [-0.05, 0) is 51.2 Å². The van der Waals surface area contributed by atoms with Crippen LogP contribution in [0, 0.1) is 0 Å². The zero-order valence-electron chi connectivity index (χ0n) is 21.6. The van der Waals surface area contributed by atoms with Crippen LogP contribution in [0.15, 0.2) is 18.2 Å². The second-order valence-electron chi connectivity index (χ2n) is 9.94. The molecule has 2 heterocycles. The second kappa shape index (κ2) is 12.1. The lowest BCUT2D eigenvalue weighted by Crippen LogP contribution is -2.54. The highest BCUT2D eigenvalue weighted by molar-refractivity contribution is 6.25. The summed E-state index contributed by atoms with van der Waals surface area (Å²) in [5.41, 5.74) is 1.01. The Morgan fingerprint density at radius 1 is 1.03 bits per heavy atom. The Morgan fingerprint density at radius 2 is 1.72 bits per heavy atom. The van der Waals surface area contributed by atoms with Gasteiger partial charge in [-0.3, -0.25) is 34.2 Å². The van der Waals surface area contributed by atoms with Crippen LogP contribution in [0.25, 0.3) is 0 Å². The Hall–Kier alpha value is -3.23. The number of carbonyl (C=O) groups is 5. The molecule has 1 fully saturated rings. The zero-order valence-corrected chi connectivity index (χ0v) is 21.6. The molecule has 0 spiro atoms. The maximum Gasteiger partial charge on any atom is 0.264 e. The summed E-state index contributed by atoms with van der Waals surface area (Å²) in [7, 11) is 0. The number of piperidine rings is 1. The van der Waals surface area contributed by atoms with Crippen molar-refractivity contribution in [3.05, 3.63) is 29.3 Å². The molecule has 9 heteroatoms. The topological polar surface area (TPSA) is 125 Å². The molecule has 2 aliphatic heterocycles. The zero-order chi connectivity index (χ0) is 26.3. The minimum absolute atomic E-state index is 0.0937. The number of nitrogens with zero attached hydrogens (tertiary/aromatic N) is 1. The Morgan fingerprint density at radius 3 is 2.42 bits per heavy atom. The van der Waals surface area contributed by atoms with Gasteiger partial charge < -0.3 is 10.6 Å². The second-order valence-corrected chi connectivity index (χ2v) is 9.94. The Balaban J connectivity index is 1.43. The molecule has 1 aromatic rings. The van der Waals surface area contributed by atoms with E-state index < -0.39 is 29.7 Å². The van der Waals surface area contributed by atoms with Crippen molar-refractivity contribution < 1.29 is 24.0 Å². The van der Waals surface area contributed by atoms with Gasteiger partial charge in [-0.15, -0.1) is 0 Å². The molecule has 2 aliphatic rings. The minimum Gasteiger partial charge on any atom is -0.384 e. The number of benzene rings is 1. The molecule has 1 aromatic carbocycles. The van der Waals surface area contributed by atoms with Crippen molar-refractivity contribution in [2.24, 2.45) is 0 Å². The molecule has 1 unspecified atom stereocenters. The van der Waals surface area contributed by atoms with Gasteiger partial charge in [0, 0.05) is 30.6 Å². The highest BCUT2D eigenvalue weighted by Gasteiger charge is 2.45. The van der Waals surface area contributed by atoms with Gasteiger partial charge in [-0.25, -0.2) is 0 Å². The molecule has 5 amide bonds. The summed E-state index contributed by atoms with van der Waals surface area (Å²) in [5.74, 6) is -1.90. The molecule has 1 atom stereocenters. The quantitative estimate of drug-likeness (QED) is 0.282. The predicted octanol–water partition coefficient (Wildman–Crippen LogP) is 3.54. The van der Waals surface area contributed by atoms with Crippen LogP contribution in [0.1, 0.15) is 106 Å². The van der Waals surface area contributed by atoms with Gasteiger partial charge in [-0.1, -0.05) is 39.2 Å². The molecule has 3 N–H and O–H groups in total. The lowest BCUT2D eigenvalue weighted by molar-refractivity contribution is -0.136. The van der Waals surface area contributed by atoms with E-state index in [9.17, 15) is 24.0 Å². The number of unbranched alkanes of at least 4 members (excludes halogenated alkanes) is 4. The van der Waals surface area contributed by atoms with E-state index in [1.165, 1.54) is 0 Å². The standard InChI is InChI=1S/C27H38N4O5/c1-4-27(3,5-2)30-22(33)14-9-7-6-8-10-17-28-19-13-11-12-18-23(19)26(36)31(25(18)35)20-15-16-21(32)29-24(20)34/h11-13,20,28H,4-10,14-17H2,1-3H3,(H,30,33)(H,29,32,34). The number of hydrogen-bond donors (Lipinski definition) is 3. The molecule has 0 aromatic heterocycles. The predicted molar refractivity (Wildman–Crippen MR) is 136 cm³/mol. The van der Waals surface area contributed by atoms with Gasteiger partial charge in [0.05, 0.1) is 11.1 Å². The lowest BCUT2D eigenvalue weighted by atomic mass is 9.95. The maximum absolute atomic E-state index is 13.1. The molecule has 3 rings (SSSR count). The summed E-state index contributed by atoms with van der Waals surface area (Å²) in [4.78, 5) is 62.9. The third-order valence-corrected chi connectivity index (χ3v) is 7.37. The third-order valence-electron chi connectivity index (χ3n) is 7.37. The number of amides is 5. The van der Waals surface area contributed by atoms with Crippen molar-refractivity contribution in [1.82, 2.24) is 15.5 Å². The van der Waals surface area contributed by atoms with Crippen molar-refractivity contribution in [2.45, 2.75) is 96.6 Å². The molecule has 1 saturated heterocycles. The number of hydrogen-bond acceptors (Lipinski definition) is 6. The van der Waals surface area contributed by atoms with Crippen LogP contribution in [0.5, 0.6) is 0 Å². The molecule has 36 heavy (non-hydrogen) atoms. The number of fused-ring (bicyclic) bond motifs is 1. The van der Waals surface area contributed by atoms with Gasteiger partial charge in [0.1, 0.15) is 6.04 Å². The maximum atomic E-state index is 13.1. The summed E-state index contributed by atoms with van der Waals surface area (Å²) in [6.45, 7) is 6.89. The lowest BCUT2D eigenvalue weighted by Gasteiger charge is -2.28. The van der Waals surface area contributed by atoms with E-state index in [-0.39, 0.29) is 35.4 Å². The summed E-state index contributed by atoms with van der Waals surface area (Å²) < 4.78 is 0. The first-order valence-electron chi connectivity index (χ1n) is 13.1. The van der Waals surface area contributed by atoms with Gasteiger partial charge >= 0.3 is 0 Å². The number of carbonyl (C=O) groups excluding carboxylic acids is 5. The summed E-state index contributed by atoms with van der Waals surface area (Å²) >= 11 is 0. The van der Waals surface area contributed by atoms with E-state index in [1.54, 1.807) is 18.2 Å². The van der Waals surface area contributed by atoms with Crippen molar-refractivity contribution in [2.75, 3.05) is 11.9 Å². The fourth-order valence-corrected chi connectivity index (χ4v) is 4.65. The minimum atomic E-state index is -0.970. The van der Waals surface area contributed by atoms with Crippen LogP contribution in [0.4, 0.5) is 5.69 Å². The van der Waals surface area contributed by atoms with Crippen LogP contribution < -0.4 is 16.0 Å². The first kappa shape index (κ1) is 27.4. The molecule has 196 valence electrons. The van der Waals surface area contributed by atoms with Crippen LogP contribution in [-0.4, -0.2) is 52.6 Å². The van der Waals surface area contributed by atoms with Crippen LogP contribution in [0.3, 0.4) is 0 Å². The van der Waals surface area contributed by atoms with Gasteiger partial charge in [0.2, 0.25) is 17.7 Å². The van der Waals surface area contributed by atoms with Gasteiger partial charge in [0.25, 0.3) is 11.8 Å². The fraction of sp³-hybridized carbons (Fsp3) is 0.593. The molecular formula is C27H38N4O5. The van der Waals surface area contributed by atoms with E-state index in [1.807, 2.05) is 0 Å². The number of imide groups is 2. The normalized spacial score (nSPS) is 17.8. The smallest absolute Gasteiger partial charge is 0.264 e. The largest absolute Gasteiger partial charge is 0.384 e. The van der Waals surface area contributed by atoms with Gasteiger partial charge in [0.15, 0.2) is 0 Å². The van der Waals surface area contributed by atoms with Crippen molar-refractivity contribution in [3.63, 3.8) is 0 Å². The Kier molecular flexibility index (Phi) is 9.23. The van der Waals surface area contributed by atoms with Crippen LogP contribution in [0.2, 0.25) is 0 Å². The monoisotopic (exact) mass is 498 g/mol. The van der Waals surface area contributed by atoms with E-state index in [0.717, 1.165) is 49.8 Å². The molecule has 9 nitrogen and oxygen atoms in total. The summed E-state index contributed by atoms with van der Waals surface area (Å²) in [6, 6.07) is 4.10. The third kappa shape index (κ3) is 6.30. The van der Waals surface area contributed by atoms with Crippen LogP contribution in [-0.2, 0) is 14.4 Å². The SMILES string of the molecule is CCC(C)(CC)NC(=O)CCCCCCCNc1cccc2c1C(=O)N(C1CCC(=O)NC1=O)C2=O. The molecule has 0 bridgehead atoms. The van der Waals surface area contributed by atoms with Crippen molar-refractivity contribution in [3.8, 4) is 0 Å². The number of nitrogens with one attached hydrogen (secondary N) is 3. The van der Waals surface area contributed by atoms with E-state index in [4.69, 9.17) is 0 Å². The summed E-state index contributed by atoms with van der Waals surface area (Å²) in [5, 5.41) is 8.61. The molecular weight excluding hydrogens is 460 g/mol. The number of anilines is 1. The van der Waals surface area contributed by atoms with Crippen LogP contribution >= 0.6 is 0 Å². The highest BCUT2D eigenvalue weighted by atomic mass is 16.2. The fourth-order valence-electron chi connectivity index (χ4n) is 4.65. The Labute approximate surface area is 212 Å². The molecule has 0 radical (unpaired) electrons. The van der Waals surface area contributed by atoms with E-state index in [2.05, 4.69) is 36.7 Å². The first-order valence-corrected chi connectivity index (χ1v) is 13.1. The molecule has 0 saturated carbocycles. The summed E-state index contributed by atoms with van der Waals surface area (Å²) in [6.07, 6.45) is 7.35. The highest BCUT2D eigenvalue weighted by Crippen LogP contribution is 2.32. The molecule has 0 aliphatic carbocycles. The van der Waals surface area contributed by atoms with Gasteiger partial charge in [-0.2, -0.15) is 0 Å². The average Bonchev–Trinajstić information content (AvgIpc) is 3.11. The Bertz CT molecular complexity index is 1020.